The Kier molecular flexibility index (Phi) is 5.65. The van der Waals surface area contributed by atoms with Crippen molar-refractivity contribution in [3.63, 3.8) is 0 Å². The van der Waals surface area contributed by atoms with Crippen molar-refractivity contribution in [3.8, 4) is 5.75 Å². The van der Waals surface area contributed by atoms with Crippen LogP contribution in [0.1, 0.15) is 11.1 Å². The van der Waals surface area contributed by atoms with Crippen LogP contribution in [0.5, 0.6) is 5.75 Å². The SMILES string of the molecule is Cc1cccc(C)c1OCC(O)CNc1ccc(Br)cc1. The molecule has 0 spiro atoms. The summed E-state index contributed by atoms with van der Waals surface area (Å²) < 4.78 is 6.77. The van der Waals surface area contributed by atoms with Crippen LogP contribution in [0.4, 0.5) is 5.69 Å². The van der Waals surface area contributed by atoms with Gasteiger partial charge in [0.25, 0.3) is 0 Å². The van der Waals surface area contributed by atoms with E-state index in [4.69, 9.17) is 4.74 Å². The maximum absolute atomic E-state index is 10.0. The highest BCUT2D eigenvalue weighted by atomic mass is 79.9. The second kappa shape index (κ2) is 7.48. The molecule has 0 fully saturated rings. The van der Waals surface area contributed by atoms with E-state index in [1.165, 1.54) is 0 Å². The summed E-state index contributed by atoms with van der Waals surface area (Å²) in [6.45, 7) is 4.74. The number of aliphatic hydroxyl groups excluding tert-OH is 1. The van der Waals surface area contributed by atoms with E-state index < -0.39 is 6.10 Å². The molecule has 21 heavy (non-hydrogen) atoms. The molecule has 2 aromatic carbocycles. The van der Waals surface area contributed by atoms with Crippen molar-refractivity contribution in [2.45, 2.75) is 20.0 Å². The van der Waals surface area contributed by atoms with E-state index in [0.29, 0.717) is 6.54 Å². The molecule has 0 aliphatic rings. The first-order valence-electron chi connectivity index (χ1n) is 6.93. The van der Waals surface area contributed by atoms with Gasteiger partial charge in [-0.2, -0.15) is 0 Å². The molecule has 0 aliphatic carbocycles. The first kappa shape index (κ1) is 15.9. The summed E-state index contributed by atoms with van der Waals surface area (Å²) in [6, 6.07) is 13.9. The van der Waals surface area contributed by atoms with Crippen LogP contribution in [0, 0.1) is 13.8 Å². The lowest BCUT2D eigenvalue weighted by Crippen LogP contribution is -2.26. The molecule has 0 aliphatic heterocycles. The summed E-state index contributed by atoms with van der Waals surface area (Å²) >= 11 is 3.39. The molecule has 0 bridgehead atoms. The van der Waals surface area contributed by atoms with Crippen molar-refractivity contribution < 1.29 is 9.84 Å². The topological polar surface area (TPSA) is 41.5 Å². The second-order valence-corrected chi connectivity index (χ2v) is 5.99. The van der Waals surface area contributed by atoms with E-state index >= 15 is 0 Å². The number of hydrogen-bond acceptors (Lipinski definition) is 3. The summed E-state index contributed by atoms with van der Waals surface area (Å²) in [5, 5.41) is 13.2. The number of rotatable bonds is 6. The Balaban J connectivity index is 1.82. The lowest BCUT2D eigenvalue weighted by atomic mass is 10.1. The van der Waals surface area contributed by atoms with E-state index in [-0.39, 0.29) is 6.61 Å². The summed E-state index contributed by atoms with van der Waals surface area (Å²) in [4.78, 5) is 0. The van der Waals surface area contributed by atoms with Crippen LogP contribution in [0.25, 0.3) is 0 Å². The van der Waals surface area contributed by atoms with Crippen molar-refractivity contribution in [1.29, 1.82) is 0 Å². The Bertz CT molecular complexity index is 564. The Morgan fingerprint density at radius 1 is 1.10 bits per heavy atom. The number of hydrogen-bond donors (Lipinski definition) is 2. The van der Waals surface area contributed by atoms with Gasteiger partial charge in [-0.05, 0) is 49.2 Å². The minimum Gasteiger partial charge on any atom is -0.490 e. The molecule has 3 nitrogen and oxygen atoms in total. The smallest absolute Gasteiger partial charge is 0.125 e. The third-order valence-corrected chi connectivity index (χ3v) is 3.74. The van der Waals surface area contributed by atoms with Crippen LogP contribution in [-0.4, -0.2) is 24.4 Å². The largest absolute Gasteiger partial charge is 0.490 e. The predicted octanol–water partition coefficient (Wildman–Crippen LogP) is 3.92. The van der Waals surface area contributed by atoms with Gasteiger partial charge in [-0.15, -0.1) is 0 Å². The van der Waals surface area contributed by atoms with Gasteiger partial charge in [-0.25, -0.2) is 0 Å². The first-order valence-corrected chi connectivity index (χ1v) is 7.72. The number of nitrogens with one attached hydrogen (secondary N) is 1. The van der Waals surface area contributed by atoms with Crippen LogP contribution in [0.2, 0.25) is 0 Å². The van der Waals surface area contributed by atoms with Crippen molar-refractivity contribution in [2.24, 2.45) is 0 Å². The Hall–Kier alpha value is -1.52. The molecule has 0 saturated heterocycles. The summed E-state index contributed by atoms with van der Waals surface area (Å²) in [5.41, 5.74) is 3.15. The van der Waals surface area contributed by atoms with Crippen LogP contribution in [0.3, 0.4) is 0 Å². The highest BCUT2D eigenvalue weighted by molar-refractivity contribution is 9.10. The van der Waals surface area contributed by atoms with Gasteiger partial charge in [0.2, 0.25) is 0 Å². The third-order valence-electron chi connectivity index (χ3n) is 3.21. The molecule has 0 heterocycles. The molecule has 2 N–H and O–H groups in total. The molecule has 1 unspecified atom stereocenters. The maximum Gasteiger partial charge on any atom is 0.125 e. The zero-order valence-corrected chi connectivity index (χ0v) is 13.9. The number of aliphatic hydroxyl groups is 1. The summed E-state index contributed by atoms with van der Waals surface area (Å²) in [6.07, 6.45) is -0.562. The van der Waals surface area contributed by atoms with Crippen molar-refractivity contribution in [2.75, 3.05) is 18.5 Å². The second-order valence-electron chi connectivity index (χ2n) is 5.07. The van der Waals surface area contributed by atoms with Gasteiger partial charge in [-0.1, -0.05) is 34.1 Å². The standard InChI is InChI=1S/C17H20BrNO2/c1-12-4-3-5-13(2)17(12)21-11-16(20)10-19-15-8-6-14(18)7-9-15/h3-9,16,19-20H,10-11H2,1-2H3. The molecule has 0 saturated carbocycles. The monoisotopic (exact) mass is 349 g/mol. The lowest BCUT2D eigenvalue weighted by molar-refractivity contribution is 0.117. The van der Waals surface area contributed by atoms with Crippen LogP contribution in [-0.2, 0) is 0 Å². The summed E-state index contributed by atoms with van der Waals surface area (Å²) in [7, 11) is 0. The van der Waals surface area contributed by atoms with E-state index in [9.17, 15) is 5.11 Å². The van der Waals surface area contributed by atoms with Gasteiger partial charge in [0, 0.05) is 16.7 Å². The van der Waals surface area contributed by atoms with Crippen LogP contribution < -0.4 is 10.1 Å². The zero-order valence-electron chi connectivity index (χ0n) is 12.3. The maximum atomic E-state index is 10.0. The molecular weight excluding hydrogens is 330 g/mol. The number of anilines is 1. The molecule has 0 aromatic heterocycles. The minimum atomic E-state index is -0.562. The predicted molar refractivity (Wildman–Crippen MR) is 90.0 cm³/mol. The number of aryl methyl sites for hydroxylation is 2. The van der Waals surface area contributed by atoms with Gasteiger partial charge >= 0.3 is 0 Å². The fraction of sp³-hybridized carbons (Fsp3) is 0.294. The van der Waals surface area contributed by atoms with Gasteiger partial charge in [0.1, 0.15) is 18.5 Å². The summed E-state index contributed by atoms with van der Waals surface area (Å²) in [5.74, 6) is 0.861. The number of benzene rings is 2. The Morgan fingerprint density at radius 2 is 1.71 bits per heavy atom. The minimum absolute atomic E-state index is 0.273. The highest BCUT2D eigenvalue weighted by Gasteiger charge is 2.08. The molecular formula is C17H20BrNO2. The molecule has 0 amide bonds. The van der Waals surface area contributed by atoms with Gasteiger partial charge in [0.05, 0.1) is 0 Å². The fourth-order valence-corrected chi connectivity index (χ4v) is 2.33. The zero-order chi connectivity index (χ0) is 15.2. The molecule has 4 heteroatoms. The first-order chi connectivity index (χ1) is 10.1. The van der Waals surface area contributed by atoms with E-state index in [0.717, 1.165) is 27.0 Å². The quantitative estimate of drug-likeness (QED) is 0.830. The Morgan fingerprint density at radius 3 is 2.33 bits per heavy atom. The molecule has 1 atom stereocenters. The number of para-hydroxylation sites is 1. The average molecular weight is 350 g/mol. The van der Waals surface area contributed by atoms with Crippen LogP contribution in [0.15, 0.2) is 46.9 Å². The van der Waals surface area contributed by atoms with E-state index in [2.05, 4.69) is 21.2 Å². The molecule has 0 radical (unpaired) electrons. The van der Waals surface area contributed by atoms with Crippen molar-refractivity contribution in [1.82, 2.24) is 0 Å². The Labute approximate surface area is 134 Å². The normalized spacial score (nSPS) is 12.0. The number of halogens is 1. The molecule has 2 aromatic rings. The van der Waals surface area contributed by atoms with Crippen molar-refractivity contribution in [3.05, 3.63) is 58.1 Å². The molecule has 2 rings (SSSR count). The van der Waals surface area contributed by atoms with Crippen molar-refractivity contribution >= 4 is 21.6 Å². The van der Waals surface area contributed by atoms with Crippen LogP contribution >= 0.6 is 15.9 Å². The number of ether oxygens (including phenoxy) is 1. The van der Waals surface area contributed by atoms with E-state index in [1.807, 2.05) is 56.3 Å². The third kappa shape index (κ3) is 4.76. The van der Waals surface area contributed by atoms with E-state index in [1.54, 1.807) is 0 Å². The lowest BCUT2D eigenvalue weighted by Gasteiger charge is -2.16. The molecule has 112 valence electrons. The van der Waals surface area contributed by atoms with Gasteiger partial charge in [-0.3, -0.25) is 0 Å². The fourth-order valence-electron chi connectivity index (χ4n) is 2.07. The highest BCUT2D eigenvalue weighted by Crippen LogP contribution is 2.22. The van der Waals surface area contributed by atoms with Gasteiger partial charge < -0.3 is 15.2 Å². The van der Waals surface area contributed by atoms with Gasteiger partial charge in [0.15, 0.2) is 0 Å². The average Bonchev–Trinajstić information content (AvgIpc) is 2.46.